The maximum Gasteiger partial charge on any atom is 0.228 e. The van der Waals surface area contributed by atoms with E-state index >= 15 is 0 Å². The smallest absolute Gasteiger partial charge is 0.228 e. The third-order valence-corrected chi connectivity index (χ3v) is 7.60. The van der Waals surface area contributed by atoms with E-state index in [1.807, 2.05) is 0 Å². The van der Waals surface area contributed by atoms with Gasteiger partial charge in [-0.25, -0.2) is 0 Å². The number of nitrogens with zero attached hydrogens (tertiary/aromatic N) is 2. The molecule has 5 heteroatoms. The predicted octanol–water partition coefficient (Wildman–Crippen LogP) is 2.04. The van der Waals surface area contributed by atoms with E-state index in [2.05, 4.69) is 9.80 Å². The summed E-state index contributed by atoms with van der Waals surface area (Å²) in [6.07, 6.45) is 6.47. The first-order valence-corrected chi connectivity index (χ1v) is 9.90. The van der Waals surface area contributed by atoms with Crippen molar-refractivity contribution in [2.45, 2.75) is 64.8 Å². The quantitative estimate of drug-likeness (QED) is 0.782. The Bertz CT molecular complexity index is 578. The van der Waals surface area contributed by atoms with E-state index in [-0.39, 0.29) is 22.5 Å². The van der Waals surface area contributed by atoms with E-state index in [0.29, 0.717) is 17.7 Å². The lowest BCUT2D eigenvalue weighted by atomic mass is 9.33. The summed E-state index contributed by atoms with van der Waals surface area (Å²) in [5, 5.41) is 0. The van der Waals surface area contributed by atoms with Crippen LogP contribution in [0.15, 0.2) is 0 Å². The Kier molecular flexibility index (Phi) is 4.06. The highest BCUT2D eigenvalue weighted by molar-refractivity contribution is 5.95. The van der Waals surface area contributed by atoms with Gasteiger partial charge in [-0.15, -0.1) is 0 Å². The fourth-order valence-electron chi connectivity index (χ4n) is 5.83. The van der Waals surface area contributed by atoms with Gasteiger partial charge in [0, 0.05) is 30.5 Å². The molecule has 0 aromatic carbocycles. The van der Waals surface area contributed by atoms with Crippen molar-refractivity contribution in [1.29, 1.82) is 0 Å². The van der Waals surface area contributed by atoms with Crippen molar-refractivity contribution in [1.82, 2.24) is 9.80 Å². The highest BCUT2D eigenvalue weighted by atomic mass is 16.2. The first kappa shape index (κ1) is 17.2. The molecule has 5 fully saturated rings. The van der Waals surface area contributed by atoms with Crippen molar-refractivity contribution < 1.29 is 14.4 Å². The second-order valence-corrected chi connectivity index (χ2v) is 9.09. The number of likely N-dealkylation sites (tertiary alicyclic amines) is 2. The van der Waals surface area contributed by atoms with Crippen LogP contribution in [-0.4, -0.2) is 59.5 Å². The minimum absolute atomic E-state index is 0.130. The number of rotatable bonds is 4. The Balaban J connectivity index is 1.25. The second-order valence-electron chi connectivity index (χ2n) is 9.09. The molecule has 5 aliphatic rings. The summed E-state index contributed by atoms with van der Waals surface area (Å²) in [7, 11) is 0. The molecule has 0 unspecified atom stereocenters. The molecule has 5 rings (SSSR count). The second kappa shape index (κ2) is 5.90. The molecule has 0 spiro atoms. The Hall–Kier alpha value is -1.23. The molecule has 1 amide bonds. The number of hydrogen-bond acceptors (Lipinski definition) is 4. The van der Waals surface area contributed by atoms with E-state index in [4.69, 9.17) is 0 Å². The fraction of sp³-hybridized carbons (Fsp3) is 0.850. The largest absolute Gasteiger partial charge is 0.342 e. The number of piperidine rings is 2. The average Bonchev–Trinajstić information content (AvgIpc) is 2.52. The van der Waals surface area contributed by atoms with Crippen LogP contribution in [0.4, 0.5) is 0 Å². The molecule has 2 saturated heterocycles. The lowest BCUT2D eigenvalue weighted by Crippen LogP contribution is -2.71. The summed E-state index contributed by atoms with van der Waals surface area (Å²) in [4.78, 5) is 40.6. The number of carbonyl (C=O) groups is 3. The van der Waals surface area contributed by atoms with Gasteiger partial charge >= 0.3 is 0 Å². The van der Waals surface area contributed by atoms with Gasteiger partial charge in [-0.05, 0) is 71.9 Å². The Morgan fingerprint density at radius 1 is 0.800 bits per heavy atom. The average molecular weight is 346 g/mol. The van der Waals surface area contributed by atoms with Crippen molar-refractivity contribution in [2.24, 2.45) is 16.7 Å². The highest BCUT2D eigenvalue weighted by Gasteiger charge is 2.74. The summed E-state index contributed by atoms with van der Waals surface area (Å²) in [5.41, 5.74) is -0.312. The van der Waals surface area contributed by atoms with Gasteiger partial charge in [0.05, 0.1) is 5.41 Å². The van der Waals surface area contributed by atoms with Gasteiger partial charge in [-0.1, -0.05) is 0 Å². The van der Waals surface area contributed by atoms with Crippen LogP contribution >= 0.6 is 0 Å². The topological polar surface area (TPSA) is 57.7 Å². The first-order chi connectivity index (χ1) is 11.9. The van der Waals surface area contributed by atoms with Crippen molar-refractivity contribution in [3.63, 3.8) is 0 Å². The molecule has 0 N–H and O–H groups in total. The summed E-state index contributed by atoms with van der Waals surface area (Å²) in [5.74, 6) is 1.18. The van der Waals surface area contributed by atoms with E-state index < -0.39 is 0 Å². The molecular weight excluding hydrogens is 316 g/mol. The van der Waals surface area contributed by atoms with Gasteiger partial charge < -0.3 is 9.80 Å². The zero-order valence-corrected chi connectivity index (χ0v) is 15.6. The van der Waals surface area contributed by atoms with Crippen molar-refractivity contribution in [2.75, 3.05) is 26.2 Å². The highest BCUT2D eigenvalue weighted by Crippen LogP contribution is 2.74. The summed E-state index contributed by atoms with van der Waals surface area (Å²) >= 11 is 0. The van der Waals surface area contributed by atoms with E-state index in [0.717, 1.165) is 71.1 Å². The van der Waals surface area contributed by atoms with Crippen LogP contribution in [0.5, 0.6) is 0 Å². The van der Waals surface area contributed by atoms with Crippen LogP contribution in [0.25, 0.3) is 0 Å². The summed E-state index contributed by atoms with van der Waals surface area (Å²) in [6.45, 7) is 7.14. The molecule has 3 saturated carbocycles. The molecule has 2 bridgehead atoms. The predicted molar refractivity (Wildman–Crippen MR) is 94.0 cm³/mol. The number of amides is 1. The van der Waals surface area contributed by atoms with Crippen LogP contribution in [0.2, 0.25) is 0 Å². The molecule has 0 radical (unpaired) electrons. The molecule has 0 aromatic rings. The maximum atomic E-state index is 12.9. The number of carbonyl (C=O) groups excluding carboxylic acids is 3. The van der Waals surface area contributed by atoms with Gasteiger partial charge in [0.15, 0.2) is 0 Å². The maximum absolute atomic E-state index is 12.9. The Morgan fingerprint density at radius 3 is 1.84 bits per heavy atom. The van der Waals surface area contributed by atoms with Crippen LogP contribution in [0.1, 0.15) is 58.8 Å². The van der Waals surface area contributed by atoms with Gasteiger partial charge in [0.2, 0.25) is 5.91 Å². The Morgan fingerprint density at radius 2 is 1.36 bits per heavy atom. The van der Waals surface area contributed by atoms with Crippen molar-refractivity contribution in [3.05, 3.63) is 0 Å². The number of ketones is 2. The molecule has 2 heterocycles. The van der Waals surface area contributed by atoms with Crippen LogP contribution in [0, 0.1) is 16.7 Å². The molecule has 3 aliphatic carbocycles. The molecular formula is C20H30N2O3. The van der Waals surface area contributed by atoms with Gasteiger partial charge in [0.25, 0.3) is 0 Å². The SMILES string of the molecule is CC(=O)C1CCN(C2CCN(C(=O)C34CC(C(C)=O)(C3)C4)CC2)CC1. The third kappa shape index (κ3) is 2.66. The zero-order chi connectivity index (χ0) is 17.8. The molecule has 5 nitrogen and oxygen atoms in total. The third-order valence-electron chi connectivity index (χ3n) is 7.60. The normalized spacial score (nSPS) is 36.5. The van der Waals surface area contributed by atoms with E-state index in [1.54, 1.807) is 13.8 Å². The van der Waals surface area contributed by atoms with Crippen molar-refractivity contribution in [3.8, 4) is 0 Å². The molecule has 0 atom stereocenters. The minimum atomic E-state index is -0.182. The zero-order valence-electron chi connectivity index (χ0n) is 15.6. The Labute approximate surface area is 150 Å². The number of hydrogen-bond donors (Lipinski definition) is 0. The monoisotopic (exact) mass is 346 g/mol. The van der Waals surface area contributed by atoms with Crippen LogP contribution < -0.4 is 0 Å². The fourth-order valence-corrected chi connectivity index (χ4v) is 5.83. The van der Waals surface area contributed by atoms with Gasteiger partial charge in [-0.3, -0.25) is 14.4 Å². The summed E-state index contributed by atoms with van der Waals surface area (Å²) < 4.78 is 0. The van der Waals surface area contributed by atoms with E-state index in [9.17, 15) is 14.4 Å². The standard InChI is InChI=1S/C20H30N2O3/c1-14(23)16-3-7-21(8-4-16)17-5-9-22(10-6-17)18(25)20-11-19(12-20,13-20)15(2)24/h16-17H,3-13H2,1-2H3. The van der Waals surface area contributed by atoms with Gasteiger partial charge in [-0.2, -0.15) is 0 Å². The molecule has 25 heavy (non-hydrogen) atoms. The lowest BCUT2D eigenvalue weighted by Gasteiger charge is -2.69. The van der Waals surface area contributed by atoms with Gasteiger partial charge in [0.1, 0.15) is 11.6 Å². The lowest BCUT2D eigenvalue weighted by molar-refractivity contribution is -0.214. The van der Waals surface area contributed by atoms with Crippen LogP contribution in [0.3, 0.4) is 0 Å². The van der Waals surface area contributed by atoms with E-state index in [1.165, 1.54) is 0 Å². The van der Waals surface area contributed by atoms with Crippen LogP contribution in [-0.2, 0) is 14.4 Å². The molecule has 138 valence electrons. The molecule has 0 aromatic heterocycles. The number of Topliss-reactive ketones (excluding diaryl/α,β-unsaturated/α-hetero) is 2. The first-order valence-electron chi connectivity index (χ1n) is 9.90. The minimum Gasteiger partial charge on any atom is -0.342 e. The van der Waals surface area contributed by atoms with Crippen molar-refractivity contribution >= 4 is 17.5 Å². The molecule has 2 aliphatic heterocycles. The summed E-state index contributed by atoms with van der Waals surface area (Å²) in [6, 6.07) is 0.563.